The van der Waals surface area contributed by atoms with E-state index in [4.69, 9.17) is 4.42 Å². The van der Waals surface area contributed by atoms with Gasteiger partial charge in [-0.1, -0.05) is 42.5 Å². The van der Waals surface area contributed by atoms with Gasteiger partial charge in [-0.3, -0.25) is 14.7 Å². The molecule has 0 aliphatic carbocycles. The van der Waals surface area contributed by atoms with Gasteiger partial charge in [-0.25, -0.2) is 4.98 Å². The number of nitrogens with one attached hydrogen (secondary N) is 3. The minimum Gasteiger partial charge on any atom is -0.465 e. The van der Waals surface area contributed by atoms with Crippen molar-refractivity contribution < 1.29 is 14.0 Å². The van der Waals surface area contributed by atoms with E-state index in [2.05, 4.69) is 25.8 Å². The normalized spacial score (nSPS) is 10.9. The molecular weight excluding hydrogens is 406 g/mol. The van der Waals surface area contributed by atoms with E-state index in [1.54, 1.807) is 24.3 Å². The molecule has 2 aromatic heterocycles. The fraction of sp³-hybridized carbons (Fsp3) is 0.0833. The Morgan fingerprint density at radius 3 is 2.62 bits per heavy atom. The number of hydrogen-bond acceptors (Lipinski definition) is 5. The number of para-hydroxylation sites is 1. The quantitative estimate of drug-likeness (QED) is 0.369. The molecule has 2 aromatic carbocycles. The molecule has 0 saturated carbocycles. The highest BCUT2D eigenvalue weighted by Gasteiger charge is 2.13. The molecule has 8 nitrogen and oxygen atoms in total. The molecule has 0 bridgehead atoms. The van der Waals surface area contributed by atoms with Crippen LogP contribution in [-0.2, 0) is 9.59 Å². The fourth-order valence-electron chi connectivity index (χ4n) is 3.01. The van der Waals surface area contributed by atoms with Crippen LogP contribution in [0.1, 0.15) is 12.2 Å². The zero-order valence-corrected chi connectivity index (χ0v) is 17.1. The van der Waals surface area contributed by atoms with Gasteiger partial charge >= 0.3 is 0 Å². The summed E-state index contributed by atoms with van der Waals surface area (Å²) in [5.74, 6) is 1.18. The van der Waals surface area contributed by atoms with E-state index in [0.717, 1.165) is 11.1 Å². The third-order valence-electron chi connectivity index (χ3n) is 4.57. The monoisotopic (exact) mass is 427 g/mol. The van der Waals surface area contributed by atoms with Gasteiger partial charge in [0.1, 0.15) is 5.76 Å². The second kappa shape index (κ2) is 10.0. The van der Waals surface area contributed by atoms with Crippen LogP contribution in [0, 0.1) is 0 Å². The van der Waals surface area contributed by atoms with Crippen LogP contribution in [0.25, 0.3) is 28.9 Å². The molecule has 2 heterocycles. The van der Waals surface area contributed by atoms with Gasteiger partial charge in [0.2, 0.25) is 11.8 Å². The van der Waals surface area contributed by atoms with E-state index in [1.165, 1.54) is 12.3 Å². The molecule has 160 valence electrons. The Kier molecular flexibility index (Phi) is 6.52. The largest absolute Gasteiger partial charge is 0.465 e. The first kappa shape index (κ1) is 20.8. The number of benzene rings is 2. The maximum atomic E-state index is 12.4. The summed E-state index contributed by atoms with van der Waals surface area (Å²) in [7, 11) is 0. The average Bonchev–Trinajstić information content (AvgIpc) is 3.51. The third-order valence-corrected chi connectivity index (χ3v) is 4.57. The van der Waals surface area contributed by atoms with Crippen molar-refractivity contribution in [2.75, 3.05) is 11.9 Å². The van der Waals surface area contributed by atoms with Crippen LogP contribution < -0.4 is 10.6 Å². The Morgan fingerprint density at radius 1 is 1.00 bits per heavy atom. The molecule has 2 amide bonds. The molecule has 4 aromatic rings. The molecule has 0 spiro atoms. The van der Waals surface area contributed by atoms with E-state index in [-0.39, 0.29) is 24.8 Å². The van der Waals surface area contributed by atoms with E-state index in [9.17, 15) is 9.59 Å². The smallest absolute Gasteiger partial charge is 0.244 e. The number of furan rings is 1. The number of nitrogens with zero attached hydrogens (tertiary/aromatic N) is 2. The Labute approximate surface area is 184 Å². The molecule has 3 N–H and O–H groups in total. The summed E-state index contributed by atoms with van der Waals surface area (Å²) in [6.45, 7) is 0.204. The molecule has 8 heteroatoms. The minimum atomic E-state index is -0.301. The van der Waals surface area contributed by atoms with E-state index in [1.807, 2.05) is 48.5 Å². The molecule has 4 rings (SSSR count). The average molecular weight is 427 g/mol. The van der Waals surface area contributed by atoms with Crippen molar-refractivity contribution in [3.8, 4) is 22.8 Å². The molecule has 0 unspecified atom stereocenters. The lowest BCUT2D eigenvalue weighted by atomic mass is 10.1. The predicted molar refractivity (Wildman–Crippen MR) is 121 cm³/mol. The van der Waals surface area contributed by atoms with Gasteiger partial charge in [-0.2, -0.15) is 5.10 Å². The van der Waals surface area contributed by atoms with Crippen LogP contribution in [0.5, 0.6) is 0 Å². The fourth-order valence-corrected chi connectivity index (χ4v) is 3.01. The van der Waals surface area contributed by atoms with Crippen molar-refractivity contribution in [3.63, 3.8) is 0 Å². The summed E-state index contributed by atoms with van der Waals surface area (Å²) >= 11 is 0. The highest BCUT2D eigenvalue weighted by molar-refractivity contribution is 5.95. The van der Waals surface area contributed by atoms with E-state index in [0.29, 0.717) is 23.1 Å². The highest BCUT2D eigenvalue weighted by Crippen LogP contribution is 2.26. The molecule has 0 saturated heterocycles. The Hall–Kier alpha value is -4.46. The number of carbonyl (C=O) groups excluding carboxylic acids is 2. The van der Waals surface area contributed by atoms with Crippen LogP contribution in [0.3, 0.4) is 0 Å². The van der Waals surface area contributed by atoms with Crippen LogP contribution >= 0.6 is 0 Å². The van der Waals surface area contributed by atoms with Crippen LogP contribution in [0.4, 0.5) is 5.69 Å². The lowest BCUT2D eigenvalue weighted by molar-refractivity contribution is -0.117. The first-order valence-corrected chi connectivity index (χ1v) is 10.1. The highest BCUT2D eigenvalue weighted by atomic mass is 16.3. The molecule has 0 radical (unpaired) electrons. The van der Waals surface area contributed by atoms with Crippen molar-refractivity contribution >= 4 is 23.6 Å². The minimum absolute atomic E-state index is 0.125. The molecule has 0 aliphatic rings. The maximum Gasteiger partial charge on any atom is 0.244 e. The first-order valence-electron chi connectivity index (χ1n) is 10.1. The standard InChI is InChI=1S/C24H21N5O3/c30-21(13-12-18-9-6-16-32-18)25-15-14-22(31)26-20-11-5-4-10-19(20)24-27-23(28-29-24)17-7-2-1-3-8-17/h1-13,16H,14-15H2,(H,25,30)(H,26,31)(H,27,28,29). The second-order valence-electron chi connectivity index (χ2n) is 6.86. The number of rotatable bonds is 8. The SMILES string of the molecule is O=C(C=Cc1ccco1)NCCC(=O)Nc1ccccc1-c1nc(-c2ccccc2)n[nH]1. The van der Waals surface area contributed by atoms with Crippen molar-refractivity contribution in [2.45, 2.75) is 6.42 Å². The van der Waals surface area contributed by atoms with Gasteiger partial charge in [-0.15, -0.1) is 0 Å². The van der Waals surface area contributed by atoms with E-state index < -0.39 is 0 Å². The summed E-state index contributed by atoms with van der Waals surface area (Å²) in [5, 5.41) is 12.8. The number of aromatic nitrogens is 3. The van der Waals surface area contributed by atoms with Gasteiger partial charge in [-0.05, 0) is 30.3 Å². The van der Waals surface area contributed by atoms with Gasteiger partial charge in [0.25, 0.3) is 0 Å². The number of carbonyl (C=O) groups is 2. The summed E-state index contributed by atoms with van der Waals surface area (Å²) in [6, 6.07) is 20.4. The van der Waals surface area contributed by atoms with Crippen molar-refractivity contribution in [3.05, 3.63) is 84.8 Å². The predicted octanol–water partition coefficient (Wildman–Crippen LogP) is 3.89. The molecular formula is C24H21N5O3. The number of anilines is 1. The molecule has 0 fully saturated rings. The number of amides is 2. The van der Waals surface area contributed by atoms with Gasteiger partial charge < -0.3 is 15.1 Å². The van der Waals surface area contributed by atoms with Gasteiger partial charge in [0, 0.05) is 30.2 Å². The molecule has 32 heavy (non-hydrogen) atoms. The zero-order valence-electron chi connectivity index (χ0n) is 17.1. The van der Waals surface area contributed by atoms with E-state index >= 15 is 0 Å². The lowest BCUT2D eigenvalue weighted by Crippen LogP contribution is -2.26. The topological polar surface area (TPSA) is 113 Å². The maximum absolute atomic E-state index is 12.4. The number of aromatic amines is 1. The lowest BCUT2D eigenvalue weighted by Gasteiger charge is -2.09. The van der Waals surface area contributed by atoms with Crippen LogP contribution in [-0.4, -0.2) is 33.5 Å². The second-order valence-corrected chi connectivity index (χ2v) is 6.86. The molecule has 0 aliphatic heterocycles. The zero-order chi connectivity index (χ0) is 22.2. The summed E-state index contributed by atoms with van der Waals surface area (Å²) in [5.41, 5.74) is 2.23. The summed E-state index contributed by atoms with van der Waals surface area (Å²) < 4.78 is 5.12. The Morgan fingerprint density at radius 2 is 1.81 bits per heavy atom. The Balaban J connectivity index is 1.34. The van der Waals surface area contributed by atoms with Crippen molar-refractivity contribution in [1.29, 1.82) is 0 Å². The van der Waals surface area contributed by atoms with Crippen molar-refractivity contribution in [1.82, 2.24) is 20.5 Å². The third kappa shape index (κ3) is 5.37. The Bertz CT molecular complexity index is 1210. The van der Waals surface area contributed by atoms with Crippen LogP contribution in [0.15, 0.2) is 83.5 Å². The van der Waals surface area contributed by atoms with Crippen LogP contribution in [0.2, 0.25) is 0 Å². The van der Waals surface area contributed by atoms with Crippen molar-refractivity contribution in [2.24, 2.45) is 0 Å². The number of hydrogen-bond donors (Lipinski definition) is 3. The van der Waals surface area contributed by atoms with Gasteiger partial charge in [0.15, 0.2) is 11.6 Å². The summed E-state index contributed by atoms with van der Waals surface area (Å²) in [6.07, 6.45) is 4.58. The number of H-pyrrole nitrogens is 1. The summed E-state index contributed by atoms with van der Waals surface area (Å²) in [4.78, 5) is 28.8. The first-order chi connectivity index (χ1) is 15.7. The van der Waals surface area contributed by atoms with Gasteiger partial charge in [0.05, 0.1) is 12.0 Å². The molecule has 0 atom stereocenters.